The van der Waals surface area contributed by atoms with Crippen LogP contribution in [0.3, 0.4) is 0 Å². The van der Waals surface area contributed by atoms with Crippen LogP contribution in [0.1, 0.15) is 0 Å². The summed E-state index contributed by atoms with van der Waals surface area (Å²) in [6.45, 7) is 1.70. The van der Waals surface area contributed by atoms with Crippen molar-refractivity contribution in [3.8, 4) is 17.2 Å². The molecule has 0 saturated carbocycles. The van der Waals surface area contributed by atoms with Crippen LogP contribution in [-0.4, -0.2) is 69.8 Å². The second-order valence-corrected chi connectivity index (χ2v) is 8.56. The number of benzene rings is 3. The Balaban J connectivity index is 0.000000694. The minimum atomic E-state index is -4.64. The average molecular weight is 522 g/mol. The smallest absolute Gasteiger partial charge is 0.466 e. The molecule has 0 amide bonds. The summed E-state index contributed by atoms with van der Waals surface area (Å²) in [5.74, 6) is 2.18. The van der Waals surface area contributed by atoms with E-state index in [9.17, 15) is 5.11 Å². The van der Waals surface area contributed by atoms with Gasteiger partial charge < -0.3 is 49.8 Å². The Kier molecular flexibility index (Phi) is 11.2. The Bertz CT molecular complexity index is 1270. The molecule has 1 aromatic heterocycles. The zero-order chi connectivity index (χ0) is 25.3. The minimum Gasteiger partial charge on any atom is -0.493 e. The highest BCUT2D eigenvalue weighted by atomic mass is 31.2. The van der Waals surface area contributed by atoms with E-state index in [2.05, 4.69) is 16.4 Å². The Labute approximate surface area is 207 Å². The number of methoxy groups -OCH3 is 1. The van der Waals surface area contributed by atoms with E-state index in [-0.39, 0.29) is 12.1 Å². The van der Waals surface area contributed by atoms with Crippen LogP contribution in [0.25, 0.3) is 21.8 Å². The van der Waals surface area contributed by atoms with Crippen LogP contribution < -0.4 is 19.5 Å². The number of aliphatic hydroxyl groups excluding tert-OH is 1. The van der Waals surface area contributed by atoms with Crippen molar-refractivity contribution < 1.29 is 44.0 Å². The minimum absolute atomic E-state index is 0. The zero-order valence-corrected chi connectivity index (χ0v) is 20.5. The summed E-state index contributed by atoms with van der Waals surface area (Å²) in [6.07, 6.45) is -0.628. The summed E-state index contributed by atoms with van der Waals surface area (Å²) in [5.41, 5.74) is 2.09. The quantitative estimate of drug-likeness (QED) is 0.134. The largest absolute Gasteiger partial charge is 0.493 e. The number of nitrogens with one attached hydrogen (secondary N) is 2. The lowest BCUT2D eigenvalue weighted by Crippen LogP contribution is -2.33. The van der Waals surface area contributed by atoms with Gasteiger partial charge >= 0.3 is 7.82 Å². The topological polar surface area (TPSA) is 185 Å². The molecule has 0 aliphatic heterocycles. The summed E-state index contributed by atoms with van der Waals surface area (Å²) in [4.78, 5) is 25.0. The summed E-state index contributed by atoms with van der Waals surface area (Å²) >= 11 is 0. The Hall–Kier alpha value is -3.15. The third kappa shape index (κ3) is 8.81. The van der Waals surface area contributed by atoms with Gasteiger partial charge in [-0.05, 0) is 30.3 Å². The van der Waals surface area contributed by atoms with E-state index in [4.69, 9.17) is 33.5 Å². The number of H-pyrrole nitrogens is 1. The van der Waals surface area contributed by atoms with Crippen molar-refractivity contribution in [3.63, 3.8) is 0 Å². The van der Waals surface area contributed by atoms with Gasteiger partial charge in [0.1, 0.15) is 25.1 Å². The van der Waals surface area contributed by atoms with Crippen molar-refractivity contribution in [1.29, 1.82) is 0 Å². The van der Waals surface area contributed by atoms with E-state index < -0.39 is 13.9 Å². The molecular formula is C24H31N2O9P. The molecule has 0 aliphatic rings. The summed E-state index contributed by atoms with van der Waals surface area (Å²) in [6, 6.07) is 21.6. The molecular weight excluding hydrogens is 491 g/mol. The normalized spacial score (nSPS) is 11.8. The molecule has 11 nitrogen and oxygen atoms in total. The van der Waals surface area contributed by atoms with Crippen molar-refractivity contribution in [2.24, 2.45) is 0 Å². The number of aliphatic hydroxyl groups is 1. The number of rotatable bonds is 10. The fraction of sp³-hybridized carbons (Fsp3) is 0.250. The van der Waals surface area contributed by atoms with E-state index in [0.29, 0.717) is 31.2 Å². The van der Waals surface area contributed by atoms with Gasteiger partial charge in [-0.15, -0.1) is 0 Å². The van der Waals surface area contributed by atoms with Crippen LogP contribution in [0.5, 0.6) is 17.2 Å². The number of hydrogen-bond donors (Lipinski definition) is 6. The predicted octanol–water partition coefficient (Wildman–Crippen LogP) is 1.98. The van der Waals surface area contributed by atoms with Gasteiger partial charge in [0.2, 0.25) is 0 Å². The number of aromatic amines is 1. The number of para-hydroxylation sites is 3. The molecule has 8 N–H and O–H groups in total. The van der Waals surface area contributed by atoms with Gasteiger partial charge in [0.15, 0.2) is 11.5 Å². The van der Waals surface area contributed by atoms with Crippen molar-refractivity contribution in [2.45, 2.75) is 6.10 Å². The summed E-state index contributed by atoms with van der Waals surface area (Å²) in [7, 11) is -3.02. The number of fused-ring (bicyclic) bond motifs is 3. The van der Waals surface area contributed by atoms with Crippen LogP contribution in [-0.2, 0) is 4.57 Å². The molecule has 36 heavy (non-hydrogen) atoms. The van der Waals surface area contributed by atoms with Gasteiger partial charge in [0.25, 0.3) is 0 Å². The average Bonchev–Trinajstić information content (AvgIpc) is 3.21. The Morgan fingerprint density at radius 2 is 1.50 bits per heavy atom. The lowest BCUT2D eigenvalue weighted by molar-refractivity contribution is 0.106. The highest BCUT2D eigenvalue weighted by Crippen LogP contribution is 2.33. The fourth-order valence-corrected chi connectivity index (χ4v) is 3.47. The number of phosphoric acid groups is 1. The highest BCUT2D eigenvalue weighted by molar-refractivity contribution is 7.45. The summed E-state index contributed by atoms with van der Waals surface area (Å²) in [5, 5.41) is 15.6. The highest BCUT2D eigenvalue weighted by Gasteiger charge is 2.11. The van der Waals surface area contributed by atoms with Gasteiger partial charge in [0.05, 0.1) is 12.6 Å². The first-order chi connectivity index (χ1) is 16.8. The molecule has 12 heteroatoms. The van der Waals surface area contributed by atoms with Crippen molar-refractivity contribution in [1.82, 2.24) is 10.3 Å². The van der Waals surface area contributed by atoms with E-state index in [1.807, 2.05) is 60.7 Å². The summed E-state index contributed by atoms with van der Waals surface area (Å²) < 4.78 is 25.8. The van der Waals surface area contributed by atoms with E-state index in [1.54, 1.807) is 7.11 Å². The SMILES string of the molecule is COc1ccccc1OCCNCC(O)COc1cccc2[nH]c3ccccc3c12.O.O=P(O)(O)O. The standard InChI is InChI=1S/C24H26N2O4.H3O4P.H2O/c1-28-21-10-4-5-11-22(21)29-14-13-25-15-17(27)16-30-23-12-6-9-20-24(23)18-7-2-3-8-19(18)26-20;1-5(2,3)4;/h2-12,17,25-27H,13-16H2,1H3;(H3,1,2,3,4);1H2. The first-order valence-electron chi connectivity index (χ1n) is 10.8. The van der Waals surface area contributed by atoms with Crippen LogP contribution in [0.2, 0.25) is 0 Å². The van der Waals surface area contributed by atoms with Crippen molar-refractivity contribution in [2.75, 3.05) is 33.4 Å². The molecule has 0 fully saturated rings. The zero-order valence-electron chi connectivity index (χ0n) is 19.6. The molecule has 0 aliphatic carbocycles. The fourth-order valence-electron chi connectivity index (χ4n) is 3.47. The van der Waals surface area contributed by atoms with Gasteiger partial charge in [0, 0.05) is 29.4 Å². The molecule has 196 valence electrons. The third-order valence-electron chi connectivity index (χ3n) is 4.91. The van der Waals surface area contributed by atoms with E-state index in [0.717, 1.165) is 27.6 Å². The molecule has 4 aromatic rings. The Morgan fingerprint density at radius 3 is 2.22 bits per heavy atom. The maximum Gasteiger partial charge on any atom is 0.466 e. The van der Waals surface area contributed by atoms with Gasteiger partial charge in [-0.1, -0.05) is 36.4 Å². The van der Waals surface area contributed by atoms with Crippen molar-refractivity contribution in [3.05, 3.63) is 66.7 Å². The Morgan fingerprint density at radius 1 is 0.889 bits per heavy atom. The third-order valence-corrected chi connectivity index (χ3v) is 4.91. The maximum atomic E-state index is 10.3. The predicted molar refractivity (Wildman–Crippen MR) is 137 cm³/mol. The molecule has 1 atom stereocenters. The lowest BCUT2D eigenvalue weighted by atomic mass is 10.1. The molecule has 3 aromatic carbocycles. The van der Waals surface area contributed by atoms with Crippen LogP contribution in [0.4, 0.5) is 0 Å². The molecule has 0 radical (unpaired) electrons. The van der Waals surface area contributed by atoms with Crippen LogP contribution >= 0.6 is 7.82 Å². The molecule has 4 rings (SSSR count). The van der Waals surface area contributed by atoms with E-state index >= 15 is 0 Å². The first kappa shape index (κ1) is 29.1. The van der Waals surface area contributed by atoms with Gasteiger partial charge in [-0.25, -0.2) is 4.57 Å². The second-order valence-electron chi connectivity index (χ2n) is 7.53. The molecule has 1 heterocycles. The number of hydrogen-bond acceptors (Lipinski definition) is 6. The molecule has 1 unspecified atom stereocenters. The number of aromatic nitrogens is 1. The van der Waals surface area contributed by atoms with Gasteiger partial charge in [-0.2, -0.15) is 0 Å². The molecule has 0 bridgehead atoms. The lowest BCUT2D eigenvalue weighted by Gasteiger charge is -2.15. The van der Waals surface area contributed by atoms with Crippen molar-refractivity contribution >= 4 is 29.6 Å². The number of ether oxygens (including phenoxy) is 3. The maximum absolute atomic E-state index is 10.3. The first-order valence-corrected chi connectivity index (χ1v) is 12.4. The van der Waals surface area contributed by atoms with E-state index in [1.165, 1.54) is 0 Å². The molecule has 0 saturated heterocycles. The second kappa shape index (κ2) is 13.8. The molecule has 0 spiro atoms. The van der Waals surface area contributed by atoms with Gasteiger partial charge in [-0.3, -0.25) is 0 Å². The monoisotopic (exact) mass is 522 g/mol. The van der Waals surface area contributed by atoms with Crippen LogP contribution in [0, 0.1) is 0 Å². The van der Waals surface area contributed by atoms with Crippen LogP contribution in [0.15, 0.2) is 66.7 Å².